The van der Waals surface area contributed by atoms with Gasteiger partial charge >= 0.3 is 0 Å². The summed E-state index contributed by atoms with van der Waals surface area (Å²) >= 11 is 2.25. The number of benzene rings is 1. The molecule has 0 saturated carbocycles. The molecule has 0 spiro atoms. The van der Waals surface area contributed by atoms with Gasteiger partial charge in [0.15, 0.2) is 17.8 Å². The highest BCUT2D eigenvalue weighted by Crippen LogP contribution is 2.31. The van der Waals surface area contributed by atoms with Crippen LogP contribution in [0.1, 0.15) is 12.8 Å². The summed E-state index contributed by atoms with van der Waals surface area (Å²) in [6.07, 6.45) is 3.20. The van der Waals surface area contributed by atoms with Crippen LogP contribution in [0, 0.1) is 3.57 Å². The number of hydrogen-bond donors (Lipinski definition) is 0. The first-order valence-corrected chi connectivity index (χ1v) is 7.30. The van der Waals surface area contributed by atoms with Gasteiger partial charge in [0.25, 0.3) is 0 Å². The molecule has 1 fully saturated rings. The van der Waals surface area contributed by atoms with Crippen LogP contribution in [0.2, 0.25) is 0 Å². The summed E-state index contributed by atoms with van der Waals surface area (Å²) in [5.41, 5.74) is 0. The Morgan fingerprint density at radius 3 is 3.00 bits per heavy atom. The van der Waals surface area contributed by atoms with E-state index in [0.29, 0.717) is 19.0 Å². The molecule has 0 bridgehead atoms. The molecule has 1 atom stereocenters. The highest BCUT2D eigenvalue weighted by Gasteiger charge is 2.19. The quantitative estimate of drug-likeness (QED) is 0.416. The first-order valence-electron chi connectivity index (χ1n) is 6.22. The van der Waals surface area contributed by atoms with Gasteiger partial charge in [-0.15, -0.1) is 0 Å². The summed E-state index contributed by atoms with van der Waals surface area (Å²) < 4.78 is 23.1. The van der Waals surface area contributed by atoms with E-state index in [2.05, 4.69) is 29.2 Å². The Kier molecular flexibility index (Phi) is 5.78. The van der Waals surface area contributed by atoms with Crippen molar-refractivity contribution in [2.75, 3.05) is 19.8 Å². The normalized spacial score (nSPS) is 18.1. The van der Waals surface area contributed by atoms with E-state index in [4.69, 9.17) is 18.9 Å². The third-order valence-electron chi connectivity index (χ3n) is 2.63. The van der Waals surface area contributed by atoms with Gasteiger partial charge in [-0.3, -0.25) is 0 Å². The minimum absolute atomic E-state index is 0.162. The molecule has 104 valence electrons. The molecular weight excluding hydrogens is 359 g/mol. The third-order valence-corrected chi connectivity index (χ3v) is 3.30. The minimum atomic E-state index is -0.162. The molecule has 4 nitrogen and oxygen atoms in total. The Morgan fingerprint density at radius 2 is 2.26 bits per heavy atom. The monoisotopic (exact) mass is 376 g/mol. The Balaban J connectivity index is 1.97. The lowest BCUT2D eigenvalue weighted by molar-refractivity contribution is -0.0407. The summed E-state index contributed by atoms with van der Waals surface area (Å²) in [5, 5.41) is 0. The van der Waals surface area contributed by atoms with Gasteiger partial charge in [-0.1, -0.05) is 6.58 Å². The van der Waals surface area contributed by atoms with Crippen LogP contribution in [-0.4, -0.2) is 26.1 Å². The summed E-state index contributed by atoms with van der Waals surface area (Å²) in [7, 11) is 0. The van der Waals surface area contributed by atoms with Crippen LogP contribution in [0.3, 0.4) is 0 Å². The summed E-state index contributed by atoms with van der Waals surface area (Å²) in [6, 6.07) is 5.83. The van der Waals surface area contributed by atoms with Gasteiger partial charge in [0.2, 0.25) is 0 Å². The highest BCUT2D eigenvalue weighted by molar-refractivity contribution is 14.1. The third kappa shape index (κ3) is 4.58. The molecule has 19 heavy (non-hydrogen) atoms. The lowest BCUT2D eigenvalue weighted by Crippen LogP contribution is -2.15. The number of ether oxygens (including phenoxy) is 4. The zero-order chi connectivity index (χ0) is 13.5. The SMILES string of the molecule is C=COCCOc1ccc(I)cc1OC1CCCO1. The van der Waals surface area contributed by atoms with E-state index in [0.717, 1.165) is 28.8 Å². The van der Waals surface area contributed by atoms with E-state index in [1.165, 1.54) is 6.26 Å². The second kappa shape index (κ2) is 7.59. The topological polar surface area (TPSA) is 36.9 Å². The molecule has 1 aliphatic rings. The van der Waals surface area contributed by atoms with Crippen LogP contribution >= 0.6 is 22.6 Å². The number of hydrogen-bond acceptors (Lipinski definition) is 4. The van der Waals surface area contributed by atoms with Gasteiger partial charge < -0.3 is 18.9 Å². The standard InChI is InChI=1S/C14H17IO4/c1-2-16-8-9-17-12-6-5-11(15)10-13(12)19-14-4-3-7-18-14/h2,5-6,10,14H,1,3-4,7-9H2. The molecule has 0 aromatic heterocycles. The predicted octanol–water partition coefficient (Wildman–Crippen LogP) is 3.35. The predicted molar refractivity (Wildman–Crippen MR) is 80.4 cm³/mol. The van der Waals surface area contributed by atoms with Gasteiger partial charge in [0, 0.05) is 9.99 Å². The van der Waals surface area contributed by atoms with Gasteiger partial charge in [-0.25, -0.2) is 0 Å². The van der Waals surface area contributed by atoms with Gasteiger partial charge in [-0.2, -0.15) is 0 Å². The fourth-order valence-corrected chi connectivity index (χ4v) is 2.22. The molecule has 0 radical (unpaired) electrons. The van der Waals surface area contributed by atoms with Crippen LogP contribution in [0.25, 0.3) is 0 Å². The van der Waals surface area contributed by atoms with E-state index in [9.17, 15) is 0 Å². The lowest BCUT2D eigenvalue weighted by Gasteiger charge is -2.16. The van der Waals surface area contributed by atoms with Crippen molar-refractivity contribution in [3.05, 3.63) is 34.6 Å². The molecule has 0 N–H and O–H groups in total. The molecule has 1 saturated heterocycles. The highest BCUT2D eigenvalue weighted by atomic mass is 127. The Hall–Kier alpha value is -0.950. The molecule has 1 aromatic carbocycles. The maximum absolute atomic E-state index is 5.83. The van der Waals surface area contributed by atoms with E-state index in [1.807, 2.05) is 18.2 Å². The van der Waals surface area contributed by atoms with Crippen molar-refractivity contribution in [3.63, 3.8) is 0 Å². The average molecular weight is 376 g/mol. The van der Waals surface area contributed by atoms with Crippen molar-refractivity contribution in [1.82, 2.24) is 0 Å². The second-order valence-corrected chi connectivity index (χ2v) is 5.28. The fourth-order valence-electron chi connectivity index (χ4n) is 1.76. The largest absolute Gasteiger partial charge is 0.498 e. The van der Waals surface area contributed by atoms with Gasteiger partial charge in [-0.05, 0) is 47.2 Å². The van der Waals surface area contributed by atoms with Crippen LogP contribution in [0.15, 0.2) is 31.0 Å². The molecule has 1 heterocycles. The summed E-state index contributed by atoms with van der Waals surface area (Å²) in [4.78, 5) is 0. The fraction of sp³-hybridized carbons (Fsp3) is 0.429. The average Bonchev–Trinajstić information content (AvgIpc) is 2.90. The molecule has 5 heteroatoms. The van der Waals surface area contributed by atoms with Crippen LogP contribution in [0.5, 0.6) is 11.5 Å². The van der Waals surface area contributed by atoms with E-state index in [-0.39, 0.29) is 6.29 Å². The van der Waals surface area contributed by atoms with Crippen LogP contribution in [-0.2, 0) is 9.47 Å². The van der Waals surface area contributed by atoms with Crippen molar-refractivity contribution < 1.29 is 18.9 Å². The molecule has 0 amide bonds. The van der Waals surface area contributed by atoms with Crippen molar-refractivity contribution in [2.24, 2.45) is 0 Å². The van der Waals surface area contributed by atoms with Crippen molar-refractivity contribution in [1.29, 1.82) is 0 Å². The first kappa shape index (κ1) is 14.5. The maximum Gasteiger partial charge on any atom is 0.200 e. The Morgan fingerprint density at radius 1 is 1.37 bits per heavy atom. The zero-order valence-electron chi connectivity index (χ0n) is 10.6. The van der Waals surface area contributed by atoms with Crippen molar-refractivity contribution in [2.45, 2.75) is 19.1 Å². The molecule has 2 rings (SSSR count). The summed E-state index contributed by atoms with van der Waals surface area (Å²) in [6.45, 7) is 5.16. The smallest absolute Gasteiger partial charge is 0.200 e. The molecule has 0 aliphatic carbocycles. The van der Waals surface area contributed by atoms with Crippen molar-refractivity contribution in [3.8, 4) is 11.5 Å². The number of halogens is 1. The minimum Gasteiger partial charge on any atom is -0.498 e. The van der Waals surface area contributed by atoms with Gasteiger partial charge in [0.05, 0.1) is 12.9 Å². The summed E-state index contributed by atoms with van der Waals surface area (Å²) in [5.74, 6) is 1.43. The van der Waals surface area contributed by atoms with Gasteiger partial charge in [0.1, 0.15) is 13.2 Å². The maximum atomic E-state index is 5.83. The lowest BCUT2D eigenvalue weighted by atomic mass is 10.3. The molecule has 1 unspecified atom stereocenters. The Labute approximate surface area is 126 Å². The zero-order valence-corrected chi connectivity index (χ0v) is 12.8. The Bertz CT molecular complexity index is 416. The van der Waals surface area contributed by atoms with Crippen molar-refractivity contribution >= 4 is 22.6 Å². The first-order chi connectivity index (χ1) is 9.29. The molecule has 1 aromatic rings. The number of rotatable bonds is 7. The molecule has 1 aliphatic heterocycles. The van der Waals surface area contributed by atoms with Crippen LogP contribution in [0.4, 0.5) is 0 Å². The van der Waals surface area contributed by atoms with Crippen LogP contribution < -0.4 is 9.47 Å². The van der Waals surface area contributed by atoms with E-state index in [1.54, 1.807) is 0 Å². The van der Waals surface area contributed by atoms with E-state index < -0.39 is 0 Å². The second-order valence-electron chi connectivity index (χ2n) is 4.04. The molecular formula is C14H17IO4. The van der Waals surface area contributed by atoms with E-state index >= 15 is 0 Å².